The van der Waals surface area contributed by atoms with Crippen molar-refractivity contribution in [2.75, 3.05) is 0 Å². The van der Waals surface area contributed by atoms with Crippen molar-refractivity contribution in [2.45, 2.75) is 6.61 Å². The van der Waals surface area contributed by atoms with Gasteiger partial charge >= 0.3 is 0 Å². The van der Waals surface area contributed by atoms with Crippen molar-refractivity contribution in [3.63, 3.8) is 0 Å². The molecule has 4 heteroatoms. The summed E-state index contributed by atoms with van der Waals surface area (Å²) in [6.07, 6.45) is 0. The first-order valence-electron chi connectivity index (χ1n) is 3.98. The summed E-state index contributed by atoms with van der Waals surface area (Å²) in [5, 5.41) is 18.9. The summed E-state index contributed by atoms with van der Waals surface area (Å²) in [5.41, 5.74) is 1.57. The SMILES string of the molecule is N#Cc1c(I)sc2ccc(CO)cc12. The number of hydrogen-bond acceptors (Lipinski definition) is 3. The Morgan fingerprint density at radius 3 is 2.93 bits per heavy atom. The first kappa shape index (κ1) is 9.90. The number of aliphatic hydroxyl groups is 1. The van der Waals surface area contributed by atoms with Gasteiger partial charge in [0, 0.05) is 10.1 Å². The third-order valence-corrected chi connectivity index (χ3v) is 4.16. The summed E-state index contributed by atoms with van der Waals surface area (Å²) in [5.74, 6) is 0. The van der Waals surface area contributed by atoms with E-state index in [0.29, 0.717) is 0 Å². The van der Waals surface area contributed by atoms with E-state index in [9.17, 15) is 0 Å². The second-order valence-corrected chi connectivity index (χ2v) is 5.71. The van der Waals surface area contributed by atoms with Crippen LogP contribution in [0.3, 0.4) is 0 Å². The minimum Gasteiger partial charge on any atom is -0.392 e. The molecule has 2 aromatic rings. The predicted octanol–water partition coefficient (Wildman–Crippen LogP) is 2.87. The lowest BCUT2D eigenvalue weighted by molar-refractivity contribution is 0.282. The van der Waals surface area contributed by atoms with Crippen LogP contribution in [-0.2, 0) is 6.61 Å². The average molecular weight is 315 g/mol. The second-order valence-electron chi connectivity index (χ2n) is 2.85. The minimum absolute atomic E-state index is 0.0211. The number of thiophene rings is 1. The fourth-order valence-corrected chi connectivity index (χ4v) is 3.30. The normalized spacial score (nSPS) is 10.4. The molecule has 0 fully saturated rings. The Morgan fingerprint density at radius 1 is 1.50 bits per heavy atom. The summed E-state index contributed by atoms with van der Waals surface area (Å²) >= 11 is 3.78. The standard InChI is InChI=1S/C10H6INOS/c11-10-8(4-12)7-3-6(5-13)1-2-9(7)14-10/h1-3,13H,5H2. The molecule has 70 valence electrons. The van der Waals surface area contributed by atoms with E-state index in [4.69, 9.17) is 10.4 Å². The van der Waals surface area contributed by atoms with Gasteiger partial charge in [-0.1, -0.05) is 6.07 Å². The molecule has 2 rings (SSSR count). The van der Waals surface area contributed by atoms with Crippen molar-refractivity contribution in [3.8, 4) is 6.07 Å². The molecule has 1 N–H and O–H groups in total. The van der Waals surface area contributed by atoms with E-state index in [1.165, 1.54) is 0 Å². The quantitative estimate of drug-likeness (QED) is 0.823. The van der Waals surface area contributed by atoms with Gasteiger partial charge in [0.05, 0.1) is 15.1 Å². The fraction of sp³-hybridized carbons (Fsp3) is 0.100. The number of benzene rings is 1. The second kappa shape index (κ2) is 3.85. The molecule has 0 radical (unpaired) electrons. The van der Waals surface area contributed by atoms with Crippen LogP contribution in [0.5, 0.6) is 0 Å². The topological polar surface area (TPSA) is 44.0 Å². The van der Waals surface area contributed by atoms with Gasteiger partial charge < -0.3 is 5.11 Å². The lowest BCUT2D eigenvalue weighted by Crippen LogP contribution is -1.81. The number of hydrogen-bond donors (Lipinski definition) is 1. The molecule has 0 saturated carbocycles. The third-order valence-electron chi connectivity index (χ3n) is 2.00. The molecule has 0 unspecified atom stereocenters. The highest BCUT2D eigenvalue weighted by atomic mass is 127. The Balaban J connectivity index is 2.79. The van der Waals surface area contributed by atoms with Crippen molar-refractivity contribution < 1.29 is 5.11 Å². The first-order valence-corrected chi connectivity index (χ1v) is 5.87. The van der Waals surface area contributed by atoms with Crippen molar-refractivity contribution in [3.05, 3.63) is 32.2 Å². The van der Waals surface area contributed by atoms with Crippen molar-refractivity contribution in [2.24, 2.45) is 0 Å². The van der Waals surface area contributed by atoms with E-state index < -0.39 is 0 Å². The molecule has 0 aliphatic carbocycles. The van der Waals surface area contributed by atoms with E-state index in [-0.39, 0.29) is 6.61 Å². The Hall–Kier alpha value is -0.640. The molecule has 0 atom stereocenters. The van der Waals surface area contributed by atoms with E-state index in [0.717, 1.165) is 24.1 Å². The van der Waals surface area contributed by atoms with Crippen LogP contribution in [0.1, 0.15) is 11.1 Å². The van der Waals surface area contributed by atoms with Crippen LogP contribution in [0.25, 0.3) is 10.1 Å². The number of nitriles is 1. The molecule has 0 aliphatic rings. The van der Waals surface area contributed by atoms with Crippen molar-refractivity contribution in [1.29, 1.82) is 5.26 Å². The molecule has 14 heavy (non-hydrogen) atoms. The third kappa shape index (κ3) is 1.52. The molecule has 1 aromatic heterocycles. The summed E-state index contributed by atoms with van der Waals surface area (Å²) in [6, 6.07) is 7.91. The maximum Gasteiger partial charge on any atom is 0.102 e. The van der Waals surface area contributed by atoms with Gasteiger partial charge in [0.1, 0.15) is 6.07 Å². The van der Waals surface area contributed by atoms with Gasteiger partial charge in [-0.3, -0.25) is 0 Å². The van der Waals surface area contributed by atoms with Gasteiger partial charge in [-0.15, -0.1) is 11.3 Å². The molecule has 1 aromatic carbocycles. The van der Waals surface area contributed by atoms with E-state index >= 15 is 0 Å². The van der Waals surface area contributed by atoms with Crippen LogP contribution >= 0.6 is 33.9 Å². The zero-order valence-electron chi connectivity index (χ0n) is 7.12. The number of halogens is 1. The van der Waals surface area contributed by atoms with Crippen LogP contribution in [0.2, 0.25) is 0 Å². The summed E-state index contributed by atoms with van der Waals surface area (Å²) < 4.78 is 2.11. The maximum atomic E-state index is 8.99. The summed E-state index contributed by atoms with van der Waals surface area (Å²) in [7, 11) is 0. The lowest BCUT2D eigenvalue weighted by Gasteiger charge is -1.95. The molecular weight excluding hydrogens is 309 g/mol. The van der Waals surface area contributed by atoms with Crippen molar-refractivity contribution in [1.82, 2.24) is 0 Å². The molecule has 2 nitrogen and oxygen atoms in total. The number of aliphatic hydroxyl groups excluding tert-OH is 1. The zero-order chi connectivity index (χ0) is 10.1. The van der Waals surface area contributed by atoms with Crippen LogP contribution in [0, 0.1) is 14.2 Å². The van der Waals surface area contributed by atoms with Gasteiger partial charge in [-0.25, -0.2) is 0 Å². The molecule has 0 bridgehead atoms. The molecule has 1 heterocycles. The first-order chi connectivity index (χ1) is 6.76. The van der Waals surface area contributed by atoms with Crippen LogP contribution in [0.15, 0.2) is 18.2 Å². The van der Waals surface area contributed by atoms with Gasteiger partial charge in [0.25, 0.3) is 0 Å². The van der Waals surface area contributed by atoms with E-state index in [1.54, 1.807) is 11.3 Å². The molecular formula is C10H6INOS. The monoisotopic (exact) mass is 315 g/mol. The molecule has 0 saturated heterocycles. The largest absolute Gasteiger partial charge is 0.392 e. The highest BCUT2D eigenvalue weighted by Gasteiger charge is 2.09. The van der Waals surface area contributed by atoms with Crippen LogP contribution in [-0.4, -0.2) is 5.11 Å². The fourth-order valence-electron chi connectivity index (χ4n) is 1.32. The Morgan fingerprint density at radius 2 is 2.29 bits per heavy atom. The Kier molecular flexibility index (Phi) is 2.72. The molecule has 0 spiro atoms. The van der Waals surface area contributed by atoms with Crippen LogP contribution < -0.4 is 0 Å². The average Bonchev–Trinajstić information content (AvgIpc) is 2.52. The van der Waals surface area contributed by atoms with E-state index in [2.05, 4.69) is 28.7 Å². The Bertz CT molecular complexity index is 527. The summed E-state index contributed by atoms with van der Waals surface area (Å²) in [4.78, 5) is 0. The number of fused-ring (bicyclic) bond motifs is 1. The predicted molar refractivity (Wildman–Crippen MR) is 65.2 cm³/mol. The highest BCUT2D eigenvalue weighted by Crippen LogP contribution is 2.32. The Labute approximate surface area is 98.9 Å². The van der Waals surface area contributed by atoms with Gasteiger partial charge in [0.2, 0.25) is 0 Å². The van der Waals surface area contributed by atoms with E-state index in [1.807, 2.05) is 18.2 Å². The van der Waals surface area contributed by atoms with Crippen LogP contribution in [0.4, 0.5) is 0 Å². The van der Waals surface area contributed by atoms with Gasteiger partial charge in [0.15, 0.2) is 0 Å². The number of nitrogens with zero attached hydrogens (tertiary/aromatic N) is 1. The van der Waals surface area contributed by atoms with Gasteiger partial charge in [-0.2, -0.15) is 5.26 Å². The van der Waals surface area contributed by atoms with Gasteiger partial charge in [-0.05, 0) is 40.3 Å². The molecule has 0 aliphatic heterocycles. The summed E-state index contributed by atoms with van der Waals surface area (Å²) in [6.45, 7) is 0.0211. The molecule has 0 amide bonds. The smallest absolute Gasteiger partial charge is 0.102 e. The number of rotatable bonds is 1. The highest BCUT2D eigenvalue weighted by molar-refractivity contribution is 14.1. The minimum atomic E-state index is 0.0211. The maximum absolute atomic E-state index is 8.99. The zero-order valence-corrected chi connectivity index (χ0v) is 10.1. The van der Waals surface area contributed by atoms with Crippen molar-refractivity contribution >= 4 is 44.0 Å². The lowest BCUT2D eigenvalue weighted by atomic mass is 10.1.